The fraction of sp³-hybridized carbons (Fsp3) is 0.381. The van der Waals surface area contributed by atoms with Gasteiger partial charge >= 0.3 is 0 Å². The van der Waals surface area contributed by atoms with Crippen molar-refractivity contribution in [3.05, 3.63) is 52.2 Å². The van der Waals surface area contributed by atoms with Crippen LogP contribution in [0, 0.1) is 0 Å². The van der Waals surface area contributed by atoms with Crippen LogP contribution in [0.1, 0.15) is 33.3 Å². The molecule has 3 rings (SSSR count). The Morgan fingerprint density at radius 3 is 2.27 bits per heavy atom. The van der Waals surface area contributed by atoms with Crippen LogP contribution in [0.15, 0.2) is 45.6 Å². The van der Waals surface area contributed by atoms with E-state index in [9.17, 15) is 4.79 Å². The van der Waals surface area contributed by atoms with Crippen LogP contribution in [0.2, 0.25) is 0 Å². The second-order valence-electron chi connectivity index (χ2n) is 6.91. The van der Waals surface area contributed by atoms with E-state index in [1.165, 1.54) is 0 Å². The number of hydrogen-bond donors (Lipinski definition) is 0. The van der Waals surface area contributed by atoms with Gasteiger partial charge in [-0.15, -0.1) is 12.4 Å². The number of halogens is 1. The molecule has 0 atom stereocenters. The van der Waals surface area contributed by atoms with Gasteiger partial charge in [-0.1, -0.05) is 12.1 Å². The smallest absolute Gasteiger partial charge is 0.200 e. The molecule has 5 heteroatoms. The van der Waals surface area contributed by atoms with Crippen LogP contribution in [0.25, 0.3) is 21.9 Å². The first-order chi connectivity index (χ1) is 11.9. The maximum atomic E-state index is 12.9. The van der Waals surface area contributed by atoms with E-state index in [0.29, 0.717) is 40.6 Å². The summed E-state index contributed by atoms with van der Waals surface area (Å²) in [4.78, 5) is 15.2. The van der Waals surface area contributed by atoms with Crippen molar-refractivity contribution in [1.29, 1.82) is 0 Å². The van der Waals surface area contributed by atoms with Gasteiger partial charge in [0.15, 0.2) is 0 Å². The van der Waals surface area contributed by atoms with Crippen LogP contribution in [-0.2, 0) is 6.54 Å². The summed E-state index contributed by atoms with van der Waals surface area (Å²) in [6.07, 6.45) is 0. The number of rotatable bonds is 5. The third-order valence-corrected chi connectivity index (χ3v) is 4.69. The first-order valence-electron chi connectivity index (χ1n) is 8.71. The molecule has 0 N–H and O–H groups in total. The molecule has 1 aromatic heterocycles. The van der Waals surface area contributed by atoms with Gasteiger partial charge in [0.2, 0.25) is 5.43 Å². The molecule has 0 saturated carbocycles. The molecule has 0 spiro atoms. The van der Waals surface area contributed by atoms with Crippen molar-refractivity contribution in [1.82, 2.24) is 4.90 Å². The zero-order chi connectivity index (χ0) is 18.1. The van der Waals surface area contributed by atoms with Gasteiger partial charge in [-0.3, -0.25) is 9.69 Å². The molecule has 0 aliphatic heterocycles. The van der Waals surface area contributed by atoms with Crippen molar-refractivity contribution < 1.29 is 9.15 Å². The summed E-state index contributed by atoms with van der Waals surface area (Å²) in [5.41, 5.74) is 2.15. The Labute approximate surface area is 160 Å². The lowest BCUT2D eigenvalue weighted by Gasteiger charge is -2.31. The quantitative estimate of drug-likeness (QED) is 0.589. The first-order valence-corrected chi connectivity index (χ1v) is 8.71. The molecule has 26 heavy (non-hydrogen) atoms. The summed E-state index contributed by atoms with van der Waals surface area (Å²) in [5.74, 6) is 0.747. The Balaban J connectivity index is 0.00000243. The zero-order valence-electron chi connectivity index (χ0n) is 15.9. The minimum absolute atomic E-state index is 0. The normalized spacial score (nSPS) is 11.5. The van der Waals surface area contributed by atoms with Crippen LogP contribution in [-0.4, -0.2) is 24.1 Å². The fourth-order valence-corrected chi connectivity index (χ4v) is 3.39. The summed E-state index contributed by atoms with van der Waals surface area (Å²) in [6.45, 7) is 9.34. The van der Waals surface area contributed by atoms with Crippen LogP contribution < -0.4 is 10.2 Å². The molecule has 1 heterocycles. The molecule has 140 valence electrons. The van der Waals surface area contributed by atoms with Crippen LogP contribution in [0.3, 0.4) is 0 Å². The number of hydrogen-bond acceptors (Lipinski definition) is 4. The number of benzene rings is 2. The van der Waals surface area contributed by atoms with Gasteiger partial charge in [-0.2, -0.15) is 0 Å². The molecule has 0 unspecified atom stereocenters. The molecule has 3 aromatic rings. The minimum atomic E-state index is 0. The molecule has 0 fully saturated rings. The van der Waals surface area contributed by atoms with Crippen LogP contribution in [0.5, 0.6) is 5.75 Å². The molecule has 0 amide bonds. The van der Waals surface area contributed by atoms with Gasteiger partial charge in [0.05, 0.1) is 23.4 Å². The molecule has 4 nitrogen and oxygen atoms in total. The van der Waals surface area contributed by atoms with E-state index in [1.807, 2.05) is 24.3 Å². The van der Waals surface area contributed by atoms with Crippen LogP contribution >= 0.6 is 12.4 Å². The molecular weight excluding hydrogens is 350 g/mol. The number of nitrogens with zero attached hydrogens (tertiary/aromatic N) is 1. The van der Waals surface area contributed by atoms with Crippen molar-refractivity contribution in [3.63, 3.8) is 0 Å². The largest absolute Gasteiger partial charge is 0.496 e. The number of fused-ring (bicyclic) bond motifs is 2. The highest BCUT2D eigenvalue weighted by molar-refractivity contribution is 5.92. The molecule has 0 bridgehead atoms. The summed E-state index contributed by atoms with van der Waals surface area (Å²) in [6, 6.07) is 11.8. The Morgan fingerprint density at radius 1 is 1.00 bits per heavy atom. The van der Waals surface area contributed by atoms with Gasteiger partial charge < -0.3 is 9.15 Å². The predicted molar refractivity (Wildman–Crippen MR) is 110 cm³/mol. The molecule has 0 aliphatic carbocycles. The third-order valence-electron chi connectivity index (χ3n) is 4.69. The second kappa shape index (κ2) is 8.11. The molecule has 2 aromatic carbocycles. The van der Waals surface area contributed by atoms with Crippen molar-refractivity contribution in [2.45, 2.75) is 46.3 Å². The van der Waals surface area contributed by atoms with Gasteiger partial charge in [0, 0.05) is 18.6 Å². The number of methoxy groups -OCH3 is 1. The summed E-state index contributed by atoms with van der Waals surface area (Å²) < 4.78 is 11.7. The highest BCUT2D eigenvalue weighted by Gasteiger charge is 2.21. The lowest BCUT2D eigenvalue weighted by Crippen LogP contribution is -2.36. The van der Waals surface area contributed by atoms with Gasteiger partial charge in [0.1, 0.15) is 16.9 Å². The van der Waals surface area contributed by atoms with E-state index in [4.69, 9.17) is 9.15 Å². The Morgan fingerprint density at radius 2 is 1.65 bits per heavy atom. The monoisotopic (exact) mass is 375 g/mol. The first kappa shape index (κ1) is 20.3. The maximum Gasteiger partial charge on any atom is 0.200 e. The summed E-state index contributed by atoms with van der Waals surface area (Å²) in [5, 5.41) is 1.21. The van der Waals surface area contributed by atoms with Gasteiger partial charge in [0.25, 0.3) is 0 Å². The fourth-order valence-electron chi connectivity index (χ4n) is 3.39. The second-order valence-corrected chi connectivity index (χ2v) is 6.91. The molecule has 0 aliphatic rings. The minimum Gasteiger partial charge on any atom is -0.496 e. The predicted octanol–water partition coefficient (Wildman–Crippen LogP) is 5.00. The highest BCUT2D eigenvalue weighted by Crippen LogP contribution is 2.31. The van der Waals surface area contributed by atoms with Crippen molar-refractivity contribution in [3.8, 4) is 5.75 Å². The van der Waals surface area contributed by atoms with E-state index in [2.05, 4.69) is 32.6 Å². The highest BCUT2D eigenvalue weighted by atomic mass is 35.5. The Hall–Kier alpha value is -2.04. The van der Waals surface area contributed by atoms with E-state index in [1.54, 1.807) is 19.2 Å². The lowest BCUT2D eigenvalue weighted by molar-refractivity contribution is 0.164. The summed E-state index contributed by atoms with van der Waals surface area (Å²) >= 11 is 0. The Bertz CT molecular complexity index is 955. The average molecular weight is 376 g/mol. The van der Waals surface area contributed by atoms with E-state index in [0.717, 1.165) is 11.3 Å². The SMILES string of the molecule is COc1ccc2c(=O)c3ccccc3oc2c1CN(C(C)C)C(C)C.Cl. The molecular formula is C21H26ClNO3. The lowest BCUT2D eigenvalue weighted by atomic mass is 10.1. The number of para-hydroxylation sites is 1. The molecule has 0 saturated heterocycles. The van der Waals surface area contributed by atoms with E-state index in [-0.39, 0.29) is 17.8 Å². The molecule has 0 radical (unpaired) electrons. The van der Waals surface area contributed by atoms with Crippen molar-refractivity contribution in [2.75, 3.05) is 7.11 Å². The average Bonchev–Trinajstić information content (AvgIpc) is 2.59. The van der Waals surface area contributed by atoms with Crippen LogP contribution in [0.4, 0.5) is 0 Å². The maximum absolute atomic E-state index is 12.9. The standard InChI is InChI=1S/C21H25NO3.ClH/c1-13(2)22(14(3)4)12-17-18(24-5)11-10-16-20(23)15-8-6-7-9-19(15)25-21(16)17;/h6-11,13-14H,12H2,1-5H3;1H. The van der Waals surface area contributed by atoms with E-state index >= 15 is 0 Å². The zero-order valence-corrected chi connectivity index (χ0v) is 16.7. The van der Waals surface area contributed by atoms with Gasteiger partial charge in [-0.05, 0) is 52.0 Å². The number of ether oxygens (including phenoxy) is 1. The Kier molecular flexibility index (Phi) is 6.32. The van der Waals surface area contributed by atoms with Crippen molar-refractivity contribution >= 4 is 34.3 Å². The van der Waals surface area contributed by atoms with E-state index < -0.39 is 0 Å². The topological polar surface area (TPSA) is 42.7 Å². The summed E-state index contributed by atoms with van der Waals surface area (Å²) in [7, 11) is 1.65. The third kappa shape index (κ3) is 3.57. The van der Waals surface area contributed by atoms with Gasteiger partial charge in [-0.25, -0.2) is 0 Å². The van der Waals surface area contributed by atoms with Crippen molar-refractivity contribution in [2.24, 2.45) is 0 Å².